The van der Waals surface area contributed by atoms with Crippen molar-refractivity contribution < 1.29 is 24.4 Å². The summed E-state index contributed by atoms with van der Waals surface area (Å²) in [4.78, 5) is 2.07. The summed E-state index contributed by atoms with van der Waals surface area (Å²) in [6.07, 6.45) is 0.0223. The fraction of sp³-hybridized carbons (Fsp3) is 0.714. The topological polar surface area (TPSA) is 83.4 Å². The predicted octanol–water partition coefficient (Wildman–Crippen LogP) is 1.64. The van der Waals surface area contributed by atoms with Crippen LogP contribution in [0.4, 0.5) is 0 Å². The van der Waals surface area contributed by atoms with Gasteiger partial charge in [-0.3, -0.25) is 4.90 Å². The fourth-order valence-electron chi connectivity index (χ4n) is 3.62. The average Bonchev–Trinajstić information content (AvgIpc) is 3.15. The quantitative estimate of drug-likeness (QED) is 0.366. The van der Waals surface area contributed by atoms with Gasteiger partial charge in [-0.1, -0.05) is 6.07 Å². The summed E-state index contributed by atoms with van der Waals surface area (Å²) in [6.45, 7) is 7.87. The van der Waals surface area contributed by atoms with Gasteiger partial charge in [0, 0.05) is 45.9 Å². The highest BCUT2D eigenvalue weighted by Crippen LogP contribution is 2.33. The van der Waals surface area contributed by atoms with Crippen molar-refractivity contribution in [2.75, 3.05) is 53.7 Å². The lowest BCUT2D eigenvalue weighted by Crippen LogP contribution is -2.40. The number of aliphatic hydroxyl groups is 2. The molecule has 1 heterocycles. The molecule has 0 saturated carbocycles. The summed E-state index contributed by atoms with van der Waals surface area (Å²) in [5.41, 5.74) is 0.766. The molecule has 0 aromatic heterocycles. The Hall–Kier alpha value is -1.38. The van der Waals surface area contributed by atoms with Crippen molar-refractivity contribution in [3.8, 4) is 11.5 Å². The second-order valence-electron chi connectivity index (χ2n) is 7.63. The first-order chi connectivity index (χ1) is 13.5. The number of aliphatic hydroxyl groups excluding tert-OH is 2. The Morgan fingerprint density at radius 1 is 1.14 bits per heavy atom. The van der Waals surface area contributed by atoms with E-state index in [0.29, 0.717) is 37.2 Å². The van der Waals surface area contributed by atoms with Gasteiger partial charge in [0.15, 0.2) is 11.5 Å². The standard InChI is InChI=1S/C21H36N2O5/c1-15(2)23(13-17-11-22-12-18(17)14-24)21(25)16-6-7-19(27-4)20(10-16)28-9-5-8-26-3/h6-7,10,15,17-18,21-22,24-25H,5,8-9,11-14H2,1-4H3/t17-,18-,21?/m0/s1. The molecule has 3 N–H and O–H groups in total. The molecule has 3 atom stereocenters. The van der Waals surface area contributed by atoms with Crippen molar-refractivity contribution in [1.82, 2.24) is 10.2 Å². The first-order valence-electron chi connectivity index (χ1n) is 10.1. The average molecular weight is 397 g/mol. The molecule has 2 rings (SSSR count). The Bertz CT molecular complexity index is 584. The van der Waals surface area contributed by atoms with Gasteiger partial charge in [-0.05, 0) is 49.9 Å². The van der Waals surface area contributed by atoms with Crippen LogP contribution >= 0.6 is 0 Å². The number of ether oxygens (including phenoxy) is 3. The summed E-state index contributed by atoms with van der Waals surface area (Å²) in [6, 6.07) is 5.71. The van der Waals surface area contributed by atoms with E-state index >= 15 is 0 Å². The largest absolute Gasteiger partial charge is 0.493 e. The Morgan fingerprint density at radius 3 is 2.54 bits per heavy atom. The lowest BCUT2D eigenvalue weighted by atomic mass is 9.95. The molecule has 1 aliphatic heterocycles. The van der Waals surface area contributed by atoms with Crippen molar-refractivity contribution in [1.29, 1.82) is 0 Å². The molecule has 1 saturated heterocycles. The maximum Gasteiger partial charge on any atom is 0.161 e. The van der Waals surface area contributed by atoms with Crippen LogP contribution in [-0.2, 0) is 4.74 Å². The van der Waals surface area contributed by atoms with E-state index in [9.17, 15) is 10.2 Å². The molecule has 1 aromatic rings. The number of methoxy groups -OCH3 is 2. The predicted molar refractivity (Wildman–Crippen MR) is 109 cm³/mol. The van der Waals surface area contributed by atoms with Crippen molar-refractivity contribution in [3.63, 3.8) is 0 Å². The van der Waals surface area contributed by atoms with Gasteiger partial charge in [0.2, 0.25) is 0 Å². The van der Waals surface area contributed by atoms with E-state index in [0.717, 1.165) is 25.1 Å². The normalized spacial score (nSPS) is 20.7. The molecule has 0 spiro atoms. The molecular weight excluding hydrogens is 360 g/mol. The van der Waals surface area contributed by atoms with E-state index in [1.807, 2.05) is 18.2 Å². The molecule has 0 radical (unpaired) electrons. The van der Waals surface area contributed by atoms with Crippen LogP contribution in [0.25, 0.3) is 0 Å². The zero-order valence-electron chi connectivity index (χ0n) is 17.6. The molecule has 1 aromatic carbocycles. The number of hydrogen-bond acceptors (Lipinski definition) is 7. The van der Waals surface area contributed by atoms with Crippen LogP contribution < -0.4 is 14.8 Å². The lowest BCUT2D eigenvalue weighted by molar-refractivity contribution is -0.0323. The van der Waals surface area contributed by atoms with Gasteiger partial charge in [0.1, 0.15) is 6.23 Å². The van der Waals surface area contributed by atoms with Gasteiger partial charge in [0.25, 0.3) is 0 Å². The van der Waals surface area contributed by atoms with E-state index in [1.54, 1.807) is 14.2 Å². The minimum absolute atomic E-state index is 0.156. The Kier molecular flexibility index (Phi) is 9.47. The van der Waals surface area contributed by atoms with E-state index in [2.05, 4.69) is 24.1 Å². The molecule has 0 amide bonds. The number of nitrogens with one attached hydrogen (secondary N) is 1. The summed E-state index contributed by atoms with van der Waals surface area (Å²) in [5, 5.41) is 24.0. The van der Waals surface area contributed by atoms with E-state index < -0.39 is 6.23 Å². The molecule has 0 bridgehead atoms. The number of rotatable bonds is 12. The third-order valence-electron chi connectivity index (χ3n) is 5.37. The third kappa shape index (κ3) is 6.06. The highest BCUT2D eigenvalue weighted by molar-refractivity contribution is 5.43. The highest BCUT2D eigenvalue weighted by atomic mass is 16.5. The van der Waals surface area contributed by atoms with Crippen LogP contribution in [0.2, 0.25) is 0 Å². The van der Waals surface area contributed by atoms with Gasteiger partial charge in [-0.25, -0.2) is 0 Å². The SMILES string of the molecule is COCCCOc1cc(C(O)N(C[C@@H]2CNC[C@H]2CO)C(C)C)ccc1OC. The summed E-state index contributed by atoms with van der Waals surface area (Å²) in [7, 11) is 3.27. The molecule has 160 valence electrons. The van der Waals surface area contributed by atoms with Crippen LogP contribution in [0.1, 0.15) is 32.1 Å². The van der Waals surface area contributed by atoms with E-state index in [-0.39, 0.29) is 18.6 Å². The highest BCUT2D eigenvalue weighted by Gasteiger charge is 2.31. The van der Waals surface area contributed by atoms with E-state index in [1.165, 1.54) is 0 Å². The van der Waals surface area contributed by atoms with Gasteiger partial charge in [0.05, 0.1) is 13.7 Å². The minimum Gasteiger partial charge on any atom is -0.493 e. The van der Waals surface area contributed by atoms with Crippen molar-refractivity contribution >= 4 is 0 Å². The lowest BCUT2D eigenvalue weighted by Gasteiger charge is -2.35. The molecule has 0 aliphatic carbocycles. The first-order valence-corrected chi connectivity index (χ1v) is 10.1. The van der Waals surface area contributed by atoms with Crippen molar-refractivity contribution in [2.24, 2.45) is 11.8 Å². The Morgan fingerprint density at radius 2 is 1.89 bits per heavy atom. The molecular formula is C21H36N2O5. The van der Waals surface area contributed by atoms with Crippen molar-refractivity contribution in [3.05, 3.63) is 23.8 Å². The smallest absolute Gasteiger partial charge is 0.161 e. The maximum absolute atomic E-state index is 11.1. The molecule has 7 heteroatoms. The molecule has 7 nitrogen and oxygen atoms in total. The van der Waals surface area contributed by atoms with Gasteiger partial charge in [-0.15, -0.1) is 0 Å². The maximum atomic E-state index is 11.1. The van der Waals surface area contributed by atoms with Crippen LogP contribution in [0.5, 0.6) is 11.5 Å². The van der Waals surface area contributed by atoms with Gasteiger partial charge in [-0.2, -0.15) is 0 Å². The van der Waals surface area contributed by atoms with Crippen molar-refractivity contribution in [2.45, 2.75) is 32.5 Å². The molecule has 1 aliphatic rings. The fourth-order valence-corrected chi connectivity index (χ4v) is 3.62. The number of nitrogens with zero attached hydrogens (tertiary/aromatic N) is 1. The monoisotopic (exact) mass is 396 g/mol. The van der Waals surface area contributed by atoms with Crippen LogP contribution in [0.3, 0.4) is 0 Å². The second kappa shape index (κ2) is 11.6. The first kappa shape index (κ1) is 22.9. The van der Waals surface area contributed by atoms with E-state index in [4.69, 9.17) is 14.2 Å². The number of benzene rings is 1. The van der Waals surface area contributed by atoms with Crippen LogP contribution in [0, 0.1) is 11.8 Å². The number of hydrogen-bond donors (Lipinski definition) is 3. The minimum atomic E-state index is -0.757. The summed E-state index contributed by atoms with van der Waals surface area (Å²) < 4.78 is 16.3. The summed E-state index contributed by atoms with van der Waals surface area (Å²) in [5.74, 6) is 1.80. The van der Waals surface area contributed by atoms with Gasteiger partial charge >= 0.3 is 0 Å². The third-order valence-corrected chi connectivity index (χ3v) is 5.37. The van der Waals surface area contributed by atoms with Gasteiger partial charge < -0.3 is 29.7 Å². The zero-order valence-corrected chi connectivity index (χ0v) is 17.6. The Labute approximate surface area is 168 Å². The van der Waals surface area contributed by atoms with Crippen LogP contribution in [0.15, 0.2) is 18.2 Å². The zero-order chi connectivity index (χ0) is 20.5. The molecule has 1 fully saturated rings. The Balaban J connectivity index is 2.13. The molecule has 28 heavy (non-hydrogen) atoms. The molecule has 1 unspecified atom stereocenters. The second-order valence-corrected chi connectivity index (χ2v) is 7.63. The van der Waals surface area contributed by atoms with Crippen LogP contribution in [-0.4, -0.2) is 74.8 Å². The summed E-state index contributed by atoms with van der Waals surface area (Å²) >= 11 is 0.